The minimum atomic E-state index is -0.934. The first-order valence-electron chi connectivity index (χ1n) is 8.79. The summed E-state index contributed by atoms with van der Waals surface area (Å²) >= 11 is 5.93. The Bertz CT molecular complexity index is 932. The van der Waals surface area contributed by atoms with Crippen LogP contribution in [-0.2, 0) is 5.60 Å². The number of carbonyl (C=O) groups excluding carboxylic acids is 1. The van der Waals surface area contributed by atoms with Gasteiger partial charge in [0, 0.05) is 36.1 Å². The van der Waals surface area contributed by atoms with E-state index in [4.69, 9.17) is 11.6 Å². The lowest BCUT2D eigenvalue weighted by atomic mass is 9.84. The Kier molecular flexibility index (Phi) is 4.68. The van der Waals surface area contributed by atoms with Crippen molar-refractivity contribution in [1.82, 2.24) is 20.1 Å². The van der Waals surface area contributed by atoms with Crippen molar-refractivity contribution in [1.29, 1.82) is 0 Å². The molecule has 138 valence electrons. The fourth-order valence-corrected chi connectivity index (χ4v) is 3.52. The molecular formula is C20H19ClN4O2. The number of carbonyl (C=O) groups is 1. The zero-order valence-corrected chi connectivity index (χ0v) is 15.4. The molecule has 0 bridgehead atoms. The summed E-state index contributed by atoms with van der Waals surface area (Å²) in [6.45, 7) is 0.943. The van der Waals surface area contributed by atoms with Gasteiger partial charge in [0.05, 0.1) is 11.3 Å². The zero-order chi connectivity index (χ0) is 18.9. The van der Waals surface area contributed by atoms with E-state index in [1.807, 2.05) is 24.3 Å². The molecule has 7 heteroatoms. The van der Waals surface area contributed by atoms with E-state index in [-0.39, 0.29) is 5.91 Å². The van der Waals surface area contributed by atoms with Crippen LogP contribution < -0.4 is 0 Å². The molecule has 2 N–H and O–H groups in total. The van der Waals surface area contributed by atoms with Gasteiger partial charge >= 0.3 is 0 Å². The molecule has 0 unspecified atom stereocenters. The van der Waals surface area contributed by atoms with E-state index in [2.05, 4.69) is 15.2 Å². The fourth-order valence-electron chi connectivity index (χ4n) is 3.39. The number of nitrogens with one attached hydrogen (secondary N) is 1. The lowest BCUT2D eigenvalue weighted by molar-refractivity contribution is -0.0212. The quantitative estimate of drug-likeness (QED) is 0.728. The first kappa shape index (κ1) is 17.7. The summed E-state index contributed by atoms with van der Waals surface area (Å²) in [5.41, 5.74) is 1.87. The number of aromatic nitrogens is 3. The number of aliphatic hydroxyl groups is 1. The number of H-pyrrole nitrogens is 1. The Morgan fingerprint density at radius 3 is 2.59 bits per heavy atom. The van der Waals surface area contributed by atoms with Crippen molar-refractivity contribution in [2.45, 2.75) is 18.4 Å². The molecular weight excluding hydrogens is 364 g/mol. The van der Waals surface area contributed by atoms with Gasteiger partial charge in [0.1, 0.15) is 5.69 Å². The van der Waals surface area contributed by atoms with Crippen LogP contribution in [0.15, 0.2) is 54.9 Å². The minimum absolute atomic E-state index is 0.115. The molecule has 0 radical (unpaired) electrons. The lowest BCUT2D eigenvalue weighted by Crippen LogP contribution is -2.45. The summed E-state index contributed by atoms with van der Waals surface area (Å²) in [5, 5.41) is 18.6. The number of benzene rings is 1. The topological polar surface area (TPSA) is 82.1 Å². The number of hydrogen-bond donors (Lipinski definition) is 2. The first-order chi connectivity index (χ1) is 13.0. The van der Waals surface area contributed by atoms with Crippen LogP contribution in [0.5, 0.6) is 0 Å². The fraction of sp³-hybridized carbons (Fsp3) is 0.250. The van der Waals surface area contributed by atoms with E-state index in [0.717, 1.165) is 11.1 Å². The SMILES string of the molecule is O=C(c1cc(-c2cccnc2)n[nH]1)N1CCC(O)(c2ccc(Cl)cc2)CC1. The molecule has 4 rings (SSSR count). The van der Waals surface area contributed by atoms with E-state index in [1.54, 1.807) is 35.5 Å². The Hall–Kier alpha value is -2.70. The third-order valence-corrected chi connectivity index (χ3v) is 5.28. The van der Waals surface area contributed by atoms with E-state index in [0.29, 0.717) is 42.3 Å². The van der Waals surface area contributed by atoms with E-state index in [9.17, 15) is 9.90 Å². The van der Waals surface area contributed by atoms with Gasteiger partial charge in [0.25, 0.3) is 5.91 Å². The molecule has 6 nitrogen and oxygen atoms in total. The number of likely N-dealkylation sites (tertiary alicyclic amines) is 1. The number of piperidine rings is 1. The minimum Gasteiger partial charge on any atom is -0.385 e. The molecule has 1 saturated heterocycles. The molecule has 2 aromatic heterocycles. The van der Waals surface area contributed by atoms with Crippen molar-refractivity contribution < 1.29 is 9.90 Å². The molecule has 0 atom stereocenters. The van der Waals surface area contributed by atoms with Crippen molar-refractivity contribution in [2.24, 2.45) is 0 Å². The highest BCUT2D eigenvalue weighted by atomic mass is 35.5. The summed E-state index contributed by atoms with van der Waals surface area (Å²) in [7, 11) is 0. The average Bonchev–Trinajstić information content (AvgIpc) is 3.19. The molecule has 3 aromatic rings. The number of hydrogen-bond acceptors (Lipinski definition) is 4. The van der Waals surface area contributed by atoms with Crippen molar-refractivity contribution in [3.8, 4) is 11.3 Å². The molecule has 0 saturated carbocycles. The van der Waals surface area contributed by atoms with Crippen LogP contribution in [0.3, 0.4) is 0 Å². The highest BCUT2D eigenvalue weighted by molar-refractivity contribution is 6.30. The van der Waals surface area contributed by atoms with E-state index < -0.39 is 5.60 Å². The Morgan fingerprint density at radius 2 is 1.93 bits per heavy atom. The molecule has 0 aliphatic carbocycles. The second-order valence-electron chi connectivity index (χ2n) is 6.74. The molecule has 1 fully saturated rings. The Balaban J connectivity index is 1.44. The van der Waals surface area contributed by atoms with Crippen LogP contribution in [0.2, 0.25) is 5.02 Å². The van der Waals surface area contributed by atoms with Gasteiger partial charge in [0.15, 0.2) is 0 Å². The van der Waals surface area contributed by atoms with Gasteiger partial charge in [-0.2, -0.15) is 5.10 Å². The molecule has 1 amide bonds. The molecule has 1 aliphatic heterocycles. The zero-order valence-electron chi connectivity index (χ0n) is 14.6. The number of aromatic amines is 1. The highest BCUT2D eigenvalue weighted by Gasteiger charge is 2.36. The first-order valence-corrected chi connectivity index (χ1v) is 9.16. The molecule has 1 aliphatic rings. The van der Waals surface area contributed by atoms with Gasteiger partial charge in [-0.25, -0.2) is 0 Å². The Morgan fingerprint density at radius 1 is 1.19 bits per heavy atom. The summed E-state index contributed by atoms with van der Waals surface area (Å²) in [5.74, 6) is -0.115. The number of amides is 1. The van der Waals surface area contributed by atoms with Crippen LogP contribution >= 0.6 is 11.6 Å². The summed E-state index contributed by atoms with van der Waals surface area (Å²) in [4.78, 5) is 18.6. The van der Waals surface area contributed by atoms with Gasteiger partial charge in [-0.05, 0) is 48.7 Å². The standard InChI is InChI=1S/C20H19ClN4O2/c21-16-5-3-15(4-6-16)20(27)7-10-25(11-8-20)19(26)18-12-17(23-24-18)14-2-1-9-22-13-14/h1-6,9,12-13,27H,7-8,10-11H2,(H,23,24). The van der Waals surface area contributed by atoms with Gasteiger partial charge in [-0.15, -0.1) is 0 Å². The molecule has 3 heterocycles. The normalized spacial score (nSPS) is 16.3. The van der Waals surface area contributed by atoms with E-state index >= 15 is 0 Å². The Labute approximate surface area is 161 Å². The van der Waals surface area contributed by atoms with Crippen molar-refractivity contribution >= 4 is 17.5 Å². The van der Waals surface area contributed by atoms with Gasteiger partial charge < -0.3 is 10.0 Å². The second kappa shape index (κ2) is 7.13. The highest BCUT2D eigenvalue weighted by Crippen LogP contribution is 2.33. The van der Waals surface area contributed by atoms with Gasteiger partial charge in [-0.3, -0.25) is 14.9 Å². The van der Waals surface area contributed by atoms with E-state index in [1.165, 1.54) is 0 Å². The average molecular weight is 383 g/mol. The van der Waals surface area contributed by atoms with Crippen molar-refractivity contribution in [3.63, 3.8) is 0 Å². The maximum atomic E-state index is 12.8. The smallest absolute Gasteiger partial charge is 0.271 e. The number of pyridine rings is 1. The number of nitrogens with zero attached hydrogens (tertiary/aromatic N) is 3. The molecule has 27 heavy (non-hydrogen) atoms. The van der Waals surface area contributed by atoms with Crippen LogP contribution in [0.25, 0.3) is 11.3 Å². The third-order valence-electron chi connectivity index (χ3n) is 5.02. The summed E-state index contributed by atoms with van der Waals surface area (Å²) in [6, 6.07) is 12.7. The van der Waals surface area contributed by atoms with Crippen LogP contribution in [0.4, 0.5) is 0 Å². The van der Waals surface area contributed by atoms with Crippen molar-refractivity contribution in [3.05, 3.63) is 71.1 Å². The summed E-state index contributed by atoms with van der Waals surface area (Å²) < 4.78 is 0. The predicted octanol–water partition coefficient (Wildman–Crippen LogP) is 3.25. The van der Waals surface area contributed by atoms with Crippen LogP contribution in [0.1, 0.15) is 28.9 Å². The second-order valence-corrected chi connectivity index (χ2v) is 7.18. The summed E-state index contributed by atoms with van der Waals surface area (Å²) in [6.07, 6.45) is 4.35. The predicted molar refractivity (Wildman–Crippen MR) is 102 cm³/mol. The number of rotatable bonds is 3. The number of halogens is 1. The monoisotopic (exact) mass is 382 g/mol. The van der Waals surface area contributed by atoms with Crippen LogP contribution in [-0.4, -0.2) is 44.2 Å². The third kappa shape index (κ3) is 3.59. The largest absolute Gasteiger partial charge is 0.385 e. The maximum absolute atomic E-state index is 12.8. The van der Waals surface area contributed by atoms with Gasteiger partial charge in [-0.1, -0.05) is 23.7 Å². The molecule has 1 aromatic carbocycles. The van der Waals surface area contributed by atoms with Crippen molar-refractivity contribution in [2.75, 3.05) is 13.1 Å². The molecule has 0 spiro atoms. The van der Waals surface area contributed by atoms with Gasteiger partial charge in [0.2, 0.25) is 0 Å². The van der Waals surface area contributed by atoms with Crippen LogP contribution in [0, 0.1) is 0 Å². The maximum Gasteiger partial charge on any atom is 0.271 e. The lowest BCUT2D eigenvalue weighted by Gasteiger charge is -2.38.